The third-order valence-electron chi connectivity index (χ3n) is 4.49. The van der Waals surface area contributed by atoms with E-state index in [0.29, 0.717) is 23.0 Å². The second-order valence-corrected chi connectivity index (χ2v) is 7.84. The molecule has 2 aromatic carbocycles. The van der Waals surface area contributed by atoms with Gasteiger partial charge in [-0.25, -0.2) is 4.98 Å². The van der Waals surface area contributed by atoms with E-state index in [2.05, 4.69) is 22.5 Å². The maximum absolute atomic E-state index is 12.6. The summed E-state index contributed by atoms with van der Waals surface area (Å²) in [6.07, 6.45) is 3.51. The Bertz CT molecular complexity index is 1180. The lowest BCUT2D eigenvalue weighted by molar-refractivity contribution is 0.0994. The van der Waals surface area contributed by atoms with Crippen molar-refractivity contribution in [2.24, 2.45) is 0 Å². The molecule has 0 saturated carbocycles. The van der Waals surface area contributed by atoms with Gasteiger partial charge in [0, 0.05) is 11.3 Å². The highest BCUT2D eigenvalue weighted by Gasteiger charge is 2.13. The number of anilines is 2. The standard InChI is InChI=1S/C23H21N3O4S/c1-2-3-12-29-17-9-6-15(7-10-17)21(27)24-16-8-11-18-20(14-16)31-23(25-18)26-22(28)19-5-4-13-30-19/h4-11,13-14H,2-3,12H2,1H3,(H,24,27)(H,25,26,28). The number of unbranched alkanes of at least 4 members (excludes halogenated alkanes) is 1. The van der Waals surface area contributed by atoms with Crippen LogP contribution >= 0.6 is 11.3 Å². The largest absolute Gasteiger partial charge is 0.494 e. The van der Waals surface area contributed by atoms with Crippen molar-refractivity contribution in [2.75, 3.05) is 17.2 Å². The quantitative estimate of drug-likeness (QED) is 0.353. The van der Waals surface area contributed by atoms with E-state index < -0.39 is 0 Å². The fourth-order valence-corrected chi connectivity index (χ4v) is 3.76. The first-order valence-electron chi connectivity index (χ1n) is 9.92. The third-order valence-corrected chi connectivity index (χ3v) is 5.43. The molecule has 2 aromatic heterocycles. The molecule has 8 heteroatoms. The molecule has 0 unspecified atom stereocenters. The van der Waals surface area contributed by atoms with E-state index in [9.17, 15) is 9.59 Å². The van der Waals surface area contributed by atoms with E-state index in [-0.39, 0.29) is 17.6 Å². The van der Waals surface area contributed by atoms with Crippen LogP contribution in [0.25, 0.3) is 10.2 Å². The Morgan fingerprint density at radius 3 is 2.65 bits per heavy atom. The molecule has 7 nitrogen and oxygen atoms in total. The molecule has 0 aliphatic heterocycles. The van der Waals surface area contributed by atoms with Gasteiger partial charge in [0.25, 0.3) is 11.8 Å². The summed E-state index contributed by atoms with van der Waals surface area (Å²) in [6, 6.07) is 15.7. The Morgan fingerprint density at radius 1 is 1.06 bits per heavy atom. The highest BCUT2D eigenvalue weighted by Crippen LogP contribution is 2.29. The molecular weight excluding hydrogens is 414 g/mol. The molecule has 0 spiro atoms. The number of aromatic nitrogens is 1. The van der Waals surface area contributed by atoms with Crippen LogP contribution < -0.4 is 15.4 Å². The van der Waals surface area contributed by atoms with Crippen LogP contribution in [0.5, 0.6) is 5.75 Å². The van der Waals surface area contributed by atoms with Gasteiger partial charge in [0.15, 0.2) is 10.9 Å². The smallest absolute Gasteiger partial charge is 0.293 e. The van der Waals surface area contributed by atoms with Crippen LogP contribution in [0.2, 0.25) is 0 Å². The normalized spacial score (nSPS) is 10.7. The first-order valence-corrected chi connectivity index (χ1v) is 10.7. The lowest BCUT2D eigenvalue weighted by Crippen LogP contribution is -2.11. The first kappa shape index (κ1) is 20.6. The van der Waals surface area contributed by atoms with Gasteiger partial charge < -0.3 is 14.5 Å². The Balaban J connectivity index is 1.41. The average molecular weight is 436 g/mol. The van der Waals surface area contributed by atoms with E-state index >= 15 is 0 Å². The lowest BCUT2D eigenvalue weighted by Gasteiger charge is -2.07. The number of hydrogen-bond donors (Lipinski definition) is 2. The van der Waals surface area contributed by atoms with E-state index in [1.807, 2.05) is 6.07 Å². The fourth-order valence-electron chi connectivity index (χ4n) is 2.86. The van der Waals surface area contributed by atoms with Crippen molar-refractivity contribution in [3.8, 4) is 5.75 Å². The van der Waals surface area contributed by atoms with Gasteiger partial charge in [-0.05, 0) is 61.0 Å². The number of thiazole rings is 1. The third kappa shape index (κ3) is 5.10. The number of benzene rings is 2. The number of rotatable bonds is 8. The molecule has 0 radical (unpaired) electrons. The van der Waals surface area contributed by atoms with Crippen molar-refractivity contribution in [1.82, 2.24) is 4.98 Å². The van der Waals surface area contributed by atoms with Crippen molar-refractivity contribution in [2.45, 2.75) is 19.8 Å². The van der Waals surface area contributed by atoms with E-state index in [1.165, 1.54) is 17.6 Å². The number of nitrogens with one attached hydrogen (secondary N) is 2. The van der Waals surface area contributed by atoms with Gasteiger partial charge in [-0.1, -0.05) is 24.7 Å². The van der Waals surface area contributed by atoms with Crippen LogP contribution in [-0.2, 0) is 0 Å². The minimum absolute atomic E-state index is 0.213. The number of carbonyl (C=O) groups is 2. The predicted octanol–water partition coefficient (Wildman–Crippen LogP) is 5.57. The average Bonchev–Trinajstić information content (AvgIpc) is 3.44. The SMILES string of the molecule is CCCCOc1ccc(C(=O)Nc2ccc3nc(NC(=O)c4ccco4)sc3c2)cc1. The molecule has 2 heterocycles. The maximum atomic E-state index is 12.6. The Labute approximate surface area is 183 Å². The van der Waals surface area contributed by atoms with Gasteiger partial charge in [-0.15, -0.1) is 0 Å². The van der Waals surface area contributed by atoms with Crippen LogP contribution in [-0.4, -0.2) is 23.4 Å². The molecule has 158 valence electrons. The molecule has 2 amide bonds. The van der Waals surface area contributed by atoms with Gasteiger partial charge in [-0.3, -0.25) is 14.9 Å². The predicted molar refractivity (Wildman–Crippen MR) is 121 cm³/mol. The van der Waals surface area contributed by atoms with Gasteiger partial charge in [-0.2, -0.15) is 0 Å². The number of furan rings is 1. The molecule has 31 heavy (non-hydrogen) atoms. The number of carbonyl (C=O) groups excluding carboxylic acids is 2. The molecule has 0 fully saturated rings. The van der Waals surface area contributed by atoms with E-state index in [1.54, 1.807) is 48.5 Å². The van der Waals surface area contributed by atoms with Crippen LogP contribution in [0.4, 0.5) is 10.8 Å². The Hall–Kier alpha value is -3.65. The summed E-state index contributed by atoms with van der Waals surface area (Å²) in [5.41, 5.74) is 1.92. The zero-order valence-corrected chi connectivity index (χ0v) is 17.7. The number of nitrogens with zero attached hydrogens (tertiary/aromatic N) is 1. The van der Waals surface area contributed by atoms with Crippen molar-refractivity contribution in [1.29, 1.82) is 0 Å². The summed E-state index contributed by atoms with van der Waals surface area (Å²) in [5, 5.41) is 6.07. The van der Waals surface area contributed by atoms with Crippen LogP contribution in [0.15, 0.2) is 65.3 Å². The number of fused-ring (bicyclic) bond motifs is 1. The summed E-state index contributed by atoms with van der Waals surface area (Å²) < 4.78 is 11.6. The second kappa shape index (κ2) is 9.44. The summed E-state index contributed by atoms with van der Waals surface area (Å²) in [4.78, 5) is 29.1. The van der Waals surface area contributed by atoms with Gasteiger partial charge in [0.2, 0.25) is 0 Å². The summed E-state index contributed by atoms with van der Waals surface area (Å²) in [7, 11) is 0. The van der Waals surface area contributed by atoms with Crippen molar-refractivity contribution < 1.29 is 18.7 Å². The summed E-state index contributed by atoms with van der Waals surface area (Å²) in [6.45, 7) is 2.78. The zero-order valence-electron chi connectivity index (χ0n) is 16.9. The van der Waals surface area contributed by atoms with Crippen LogP contribution in [0.1, 0.15) is 40.7 Å². The van der Waals surface area contributed by atoms with Gasteiger partial charge in [0.05, 0.1) is 23.1 Å². The number of hydrogen-bond acceptors (Lipinski definition) is 6. The van der Waals surface area contributed by atoms with E-state index in [4.69, 9.17) is 9.15 Å². The van der Waals surface area contributed by atoms with Crippen LogP contribution in [0, 0.1) is 0 Å². The molecule has 0 saturated heterocycles. The number of amides is 2. The Kier molecular flexibility index (Phi) is 6.28. The van der Waals surface area contributed by atoms with Crippen molar-refractivity contribution in [3.05, 3.63) is 72.2 Å². The van der Waals surface area contributed by atoms with Crippen LogP contribution in [0.3, 0.4) is 0 Å². The van der Waals surface area contributed by atoms with Gasteiger partial charge in [0.1, 0.15) is 5.75 Å². The Morgan fingerprint density at radius 2 is 1.90 bits per heavy atom. The van der Waals surface area contributed by atoms with E-state index in [0.717, 1.165) is 28.8 Å². The minimum atomic E-state index is -0.361. The van der Waals surface area contributed by atoms with Crippen molar-refractivity contribution in [3.63, 3.8) is 0 Å². The molecule has 0 aliphatic carbocycles. The number of ether oxygens (including phenoxy) is 1. The highest BCUT2D eigenvalue weighted by molar-refractivity contribution is 7.22. The molecule has 0 bridgehead atoms. The molecule has 0 atom stereocenters. The second-order valence-electron chi connectivity index (χ2n) is 6.81. The fraction of sp³-hybridized carbons (Fsp3) is 0.174. The molecular formula is C23H21N3O4S. The maximum Gasteiger partial charge on any atom is 0.293 e. The molecule has 0 aliphatic rings. The summed E-state index contributed by atoms with van der Waals surface area (Å²) in [5.74, 6) is 0.393. The summed E-state index contributed by atoms with van der Waals surface area (Å²) >= 11 is 1.32. The zero-order chi connectivity index (χ0) is 21.6. The molecule has 4 rings (SSSR count). The molecule has 2 N–H and O–H groups in total. The minimum Gasteiger partial charge on any atom is -0.494 e. The highest BCUT2D eigenvalue weighted by atomic mass is 32.1. The molecule has 4 aromatic rings. The topological polar surface area (TPSA) is 93.5 Å². The lowest BCUT2D eigenvalue weighted by atomic mass is 10.2. The monoisotopic (exact) mass is 435 g/mol. The van der Waals surface area contributed by atoms with Gasteiger partial charge >= 0.3 is 0 Å². The van der Waals surface area contributed by atoms with Crippen molar-refractivity contribution >= 4 is 44.2 Å². The first-order chi connectivity index (χ1) is 15.1.